The Hall–Kier alpha value is -1.16. The summed E-state index contributed by atoms with van der Waals surface area (Å²) in [5.41, 5.74) is 0.798. The van der Waals surface area contributed by atoms with Crippen LogP contribution in [0.5, 0.6) is 0 Å². The molecule has 1 aromatic heterocycles. The second kappa shape index (κ2) is 5.66. The van der Waals surface area contributed by atoms with E-state index in [0.29, 0.717) is 12.6 Å². The number of nitrogens with one attached hydrogen (secondary N) is 1. The Morgan fingerprint density at radius 1 is 1.60 bits per heavy atom. The van der Waals surface area contributed by atoms with Crippen LogP contribution in [-0.4, -0.2) is 22.6 Å². The van der Waals surface area contributed by atoms with Gasteiger partial charge in [-0.3, -0.25) is 9.36 Å². The van der Waals surface area contributed by atoms with Crippen LogP contribution in [0.25, 0.3) is 0 Å². The van der Waals surface area contributed by atoms with Crippen molar-refractivity contribution in [1.29, 1.82) is 0 Å². The SMILES string of the molecule is CCCC(Cn1cnc(C)cc1=O)NC. The number of nitrogens with zero attached hydrogens (tertiary/aromatic N) is 2. The summed E-state index contributed by atoms with van der Waals surface area (Å²) in [6.45, 7) is 4.66. The van der Waals surface area contributed by atoms with Crippen molar-refractivity contribution >= 4 is 0 Å². The van der Waals surface area contributed by atoms with Gasteiger partial charge in [-0.25, -0.2) is 4.98 Å². The van der Waals surface area contributed by atoms with Gasteiger partial charge in [0.1, 0.15) is 0 Å². The highest BCUT2D eigenvalue weighted by Crippen LogP contribution is 1.98. The molecule has 0 amide bonds. The molecule has 1 rings (SSSR count). The van der Waals surface area contributed by atoms with Gasteiger partial charge >= 0.3 is 0 Å². The lowest BCUT2D eigenvalue weighted by Crippen LogP contribution is -2.34. The topological polar surface area (TPSA) is 46.9 Å². The number of hydrogen-bond acceptors (Lipinski definition) is 3. The smallest absolute Gasteiger partial charge is 0.253 e. The Labute approximate surface area is 90.3 Å². The molecule has 1 atom stereocenters. The predicted molar refractivity (Wildman–Crippen MR) is 61.0 cm³/mol. The molecule has 0 spiro atoms. The fraction of sp³-hybridized carbons (Fsp3) is 0.636. The van der Waals surface area contributed by atoms with E-state index in [1.807, 2.05) is 14.0 Å². The molecule has 1 heterocycles. The molecule has 1 aromatic rings. The fourth-order valence-corrected chi connectivity index (χ4v) is 1.57. The Kier molecular flexibility index (Phi) is 4.49. The van der Waals surface area contributed by atoms with Gasteiger partial charge in [0.2, 0.25) is 0 Å². The summed E-state index contributed by atoms with van der Waals surface area (Å²) in [7, 11) is 1.92. The molecule has 1 N–H and O–H groups in total. The largest absolute Gasteiger partial charge is 0.315 e. The summed E-state index contributed by atoms with van der Waals surface area (Å²) in [5.74, 6) is 0. The molecule has 0 aliphatic rings. The maximum atomic E-state index is 11.6. The Morgan fingerprint density at radius 2 is 2.33 bits per heavy atom. The number of aryl methyl sites for hydroxylation is 1. The zero-order chi connectivity index (χ0) is 11.3. The van der Waals surface area contributed by atoms with E-state index in [1.165, 1.54) is 0 Å². The predicted octanol–water partition coefficient (Wildman–Crippen LogP) is 0.940. The van der Waals surface area contributed by atoms with E-state index in [9.17, 15) is 4.79 Å². The lowest BCUT2D eigenvalue weighted by Gasteiger charge is -2.16. The van der Waals surface area contributed by atoms with E-state index >= 15 is 0 Å². The van der Waals surface area contributed by atoms with Crippen molar-refractivity contribution in [3.05, 3.63) is 28.4 Å². The summed E-state index contributed by atoms with van der Waals surface area (Å²) in [6, 6.07) is 1.91. The minimum absolute atomic E-state index is 0.0267. The molecule has 1 unspecified atom stereocenters. The molecule has 0 bridgehead atoms. The van der Waals surface area contributed by atoms with E-state index in [0.717, 1.165) is 18.5 Å². The van der Waals surface area contributed by atoms with Gasteiger partial charge in [-0.1, -0.05) is 13.3 Å². The maximum Gasteiger partial charge on any atom is 0.253 e. The quantitative estimate of drug-likeness (QED) is 0.785. The molecule has 0 fully saturated rings. The van der Waals surface area contributed by atoms with Crippen LogP contribution in [0.1, 0.15) is 25.5 Å². The summed E-state index contributed by atoms with van der Waals surface area (Å²) in [6.07, 6.45) is 3.80. The van der Waals surface area contributed by atoms with Crippen LogP contribution < -0.4 is 10.9 Å². The highest BCUT2D eigenvalue weighted by Gasteiger charge is 2.06. The molecular formula is C11H19N3O. The second-order valence-electron chi connectivity index (χ2n) is 3.80. The number of aromatic nitrogens is 2. The Balaban J connectivity index is 2.75. The van der Waals surface area contributed by atoms with E-state index in [1.54, 1.807) is 17.0 Å². The molecule has 0 saturated heterocycles. The van der Waals surface area contributed by atoms with Gasteiger partial charge in [0.25, 0.3) is 5.56 Å². The van der Waals surface area contributed by atoms with Crippen LogP contribution in [0.4, 0.5) is 0 Å². The molecule has 0 aromatic carbocycles. The van der Waals surface area contributed by atoms with Crippen LogP contribution in [0.3, 0.4) is 0 Å². The molecule has 4 heteroatoms. The highest BCUT2D eigenvalue weighted by atomic mass is 16.1. The van der Waals surface area contributed by atoms with Crippen molar-refractivity contribution in [3.63, 3.8) is 0 Å². The third-order valence-corrected chi connectivity index (χ3v) is 2.48. The zero-order valence-electron chi connectivity index (χ0n) is 9.66. The van der Waals surface area contributed by atoms with Crippen molar-refractivity contribution < 1.29 is 0 Å². The van der Waals surface area contributed by atoms with Crippen molar-refractivity contribution in [2.24, 2.45) is 0 Å². The third kappa shape index (κ3) is 3.47. The summed E-state index contributed by atoms with van der Waals surface area (Å²) >= 11 is 0. The normalized spacial score (nSPS) is 12.7. The van der Waals surface area contributed by atoms with Crippen molar-refractivity contribution in [2.45, 2.75) is 39.3 Å². The summed E-state index contributed by atoms with van der Waals surface area (Å²) in [5, 5.41) is 3.21. The standard InChI is InChI=1S/C11H19N3O/c1-4-5-10(12-3)7-14-8-13-9(2)6-11(14)15/h6,8,10,12H,4-5,7H2,1-3H3. The van der Waals surface area contributed by atoms with Gasteiger partial charge < -0.3 is 5.32 Å². The van der Waals surface area contributed by atoms with Crippen LogP contribution in [-0.2, 0) is 6.54 Å². The highest BCUT2D eigenvalue weighted by molar-refractivity contribution is 4.96. The molecular weight excluding hydrogens is 190 g/mol. The average Bonchev–Trinajstić information content (AvgIpc) is 2.21. The number of hydrogen-bond donors (Lipinski definition) is 1. The molecule has 0 aliphatic carbocycles. The minimum atomic E-state index is 0.0267. The average molecular weight is 209 g/mol. The van der Waals surface area contributed by atoms with Crippen molar-refractivity contribution in [2.75, 3.05) is 7.05 Å². The van der Waals surface area contributed by atoms with E-state index in [2.05, 4.69) is 17.2 Å². The molecule has 15 heavy (non-hydrogen) atoms. The van der Waals surface area contributed by atoms with Crippen LogP contribution in [0, 0.1) is 6.92 Å². The van der Waals surface area contributed by atoms with E-state index < -0.39 is 0 Å². The lowest BCUT2D eigenvalue weighted by atomic mass is 10.1. The van der Waals surface area contributed by atoms with Gasteiger partial charge in [0.15, 0.2) is 0 Å². The molecule has 0 aliphatic heterocycles. The van der Waals surface area contributed by atoms with Crippen LogP contribution >= 0.6 is 0 Å². The lowest BCUT2D eigenvalue weighted by molar-refractivity contribution is 0.439. The molecule has 0 radical (unpaired) electrons. The first-order valence-corrected chi connectivity index (χ1v) is 5.37. The first-order chi connectivity index (χ1) is 7.17. The van der Waals surface area contributed by atoms with E-state index in [-0.39, 0.29) is 5.56 Å². The van der Waals surface area contributed by atoms with Crippen LogP contribution in [0.2, 0.25) is 0 Å². The summed E-state index contributed by atoms with van der Waals surface area (Å²) in [4.78, 5) is 15.7. The third-order valence-electron chi connectivity index (χ3n) is 2.48. The first-order valence-electron chi connectivity index (χ1n) is 5.37. The zero-order valence-corrected chi connectivity index (χ0v) is 9.66. The Bertz CT molecular complexity index is 359. The fourth-order valence-electron chi connectivity index (χ4n) is 1.57. The van der Waals surface area contributed by atoms with Crippen molar-refractivity contribution in [3.8, 4) is 0 Å². The maximum absolute atomic E-state index is 11.6. The number of rotatable bonds is 5. The van der Waals surface area contributed by atoms with Gasteiger partial charge in [-0.2, -0.15) is 0 Å². The van der Waals surface area contributed by atoms with Crippen molar-refractivity contribution in [1.82, 2.24) is 14.9 Å². The van der Waals surface area contributed by atoms with E-state index in [4.69, 9.17) is 0 Å². The molecule has 4 nitrogen and oxygen atoms in total. The molecule has 0 saturated carbocycles. The Morgan fingerprint density at radius 3 is 2.87 bits per heavy atom. The molecule has 84 valence electrons. The second-order valence-corrected chi connectivity index (χ2v) is 3.80. The minimum Gasteiger partial charge on any atom is -0.315 e. The van der Waals surface area contributed by atoms with Crippen LogP contribution in [0.15, 0.2) is 17.2 Å². The first kappa shape index (κ1) is 11.9. The summed E-state index contributed by atoms with van der Waals surface area (Å²) < 4.78 is 1.66. The van der Waals surface area contributed by atoms with Gasteiger partial charge in [0, 0.05) is 24.3 Å². The van der Waals surface area contributed by atoms with Gasteiger partial charge in [-0.15, -0.1) is 0 Å². The van der Waals surface area contributed by atoms with Gasteiger partial charge in [-0.05, 0) is 20.4 Å². The number of likely N-dealkylation sites (N-methyl/N-ethyl adjacent to an activating group) is 1. The monoisotopic (exact) mass is 209 g/mol. The van der Waals surface area contributed by atoms with Gasteiger partial charge in [0.05, 0.1) is 6.33 Å².